The Kier molecular flexibility index (Phi) is 3.88. The van der Waals surface area contributed by atoms with Gasteiger partial charge >= 0.3 is 5.97 Å². The van der Waals surface area contributed by atoms with E-state index in [0.29, 0.717) is 17.0 Å². The van der Waals surface area contributed by atoms with Crippen LogP contribution in [0.15, 0.2) is 18.2 Å². The number of rotatable bonds is 4. The molecule has 5 heteroatoms. The van der Waals surface area contributed by atoms with Crippen molar-refractivity contribution in [3.8, 4) is 5.75 Å². The highest BCUT2D eigenvalue weighted by Gasteiger charge is 2.12. The number of hydrogen-bond acceptors (Lipinski definition) is 5. The van der Waals surface area contributed by atoms with E-state index < -0.39 is 5.97 Å². The molecule has 0 unspecified atom stereocenters. The van der Waals surface area contributed by atoms with Crippen molar-refractivity contribution < 1.29 is 19.1 Å². The monoisotopic (exact) mass is 223 g/mol. The Morgan fingerprint density at radius 3 is 2.62 bits per heavy atom. The van der Waals surface area contributed by atoms with E-state index in [4.69, 9.17) is 10.5 Å². The molecule has 0 heterocycles. The number of ether oxygens (including phenoxy) is 2. The largest absolute Gasteiger partial charge is 0.497 e. The first-order valence-electron chi connectivity index (χ1n) is 4.64. The molecule has 0 aliphatic carbocycles. The van der Waals surface area contributed by atoms with Crippen LogP contribution >= 0.6 is 0 Å². The molecule has 5 nitrogen and oxygen atoms in total. The average molecular weight is 223 g/mol. The lowest BCUT2D eigenvalue weighted by atomic mass is 10.1. The molecule has 1 rings (SSSR count). The number of methoxy groups -OCH3 is 1. The Balaban J connectivity index is 2.85. The van der Waals surface area contributed by atoms with E-state index in [9.17, 15) is 9.59 Å². The zero-order valence-corrected chi connectivity index (χ0v) is 9.15. The molecule has 0 amide bonds. The summed E-state index contributed by atoms with van der Waals surface area (Å²) in [4.78, 5) is 22.2. The van der Waals surface area contributed by atoms with Gasteiger partial charge in [0.05, 0.1) is 7.11 Å². The Morgan fingerprint density at radius 2 is 2.06 bits per heavy atom. The van der Waals surface area contributed by atoms with E-state index in [-0.39, 0.29) is 12.4 Å². The highest BCUT2D eigenvalue weighted by Crippen LogP contribution is 2.19. The molecule has 0 atom stereocenters. The van der Waals surface area contributed by atoms with Crippen molar-refractivity contribution in [1.29, 1.82) is 0 Å². The summed E-state index contributed by atoms with van der Waals surface area (Å²) in [5.41, 5.74) is 6.26. The molecule has 2 N–H and O–H groups in total. The molecule has 86 valence electrons. The number of benzene rings is 1. The fourth-order valence-electron chi connectivity index (χ4n) is 1.15. The van der Waals surface area contributed by atoms with Crippen LogP contribution in [0.4, 0.5) is 5.69 Å². The van der Waals surface area contributed by atoms with E-state index in [2.05, 4.69) is 4.74 Å². The maximum Gasteiger partial charge on any atom is 0.303 e. The Morgan fingerprint density at radius 1 is 1.38 bits per heavy atom. The van der Waals surface area contributed by atoms with Gasteiger partial charge < -0.3 is 15.2 Å². The lowest BCUT2D eigenvalue weighted by Gasteiger charge is -2.07. The van der Waals surface area contributed by atoms with Crippen LogP contribution < -0.4 is 10.5 Å². The molecule has 16 heavy (non-hydrogen) atoms. The number of hydrogen-bond donors (Lipinski definition) is 1. The van der Waals surface area contributed by atoms with Gasteiger partial charge in [0.25, 0.3) is 0 Å². The van der Waals surface area contributed by atoms with Crippen molar-refractivity contribution in [2.24, 2.45) is 0 Å². The summed E-state index contributed by atoms with van der Waals surface area (Å²) in [6.45, 7) is 0.926. The first-order valence-corrected chi connectivity index (χ1v) is 4.64. The highest BCUT2D eigenvalue weighted by molar-refractivity contribution is 6.02. The number of carbonyl (C=O) groups excluding carboxylic acids is 2. The summed E-state index contributed by atoms with van der Waals surface area (Å²) < 4.78 is 9.57. The Bertz CT molecular complexity index is 414. The molecule has 1 aromatic carbocycles. The van der Waals surface area contributed by atoms with Crippen LogP contribution in [0.2, 0.25) is 0 Å². The van der Waals surface area contributed by atoms with E-state index >= 15 is 0 Å². The van der Waals surface area contributed by atoms with Crippen LogP contribution in [0.25, 0.3) is 0 Å². The van der Waals surface area contributed by atoms with Crippen molar-refractivity contribution in [2.45, 2.75) is 6.92 Å². The molecule has 0 fully saturated rings. The van der Waals surface area contributed by atoms with Crippen LogP contribution in [-0.2, 0) is 9.53 Å². The Hall–Kier alpha value is -2.04. The van der Waals surface area contributed by atoms with Gasteiger partial charge in [-0.3, -0.25) is 9.59 Å². The van der Waals surface area contributed by atoms with Crippen molar-refractivity contribution in [2.75, 3.05) is 19.5 Å². The lowest BCUT2D eigenvalue weighted by Crippen LogP contribution is -2.13. The molecule has 0 saturated heterocycles. The molecule has 0 aromatic heterocycles. The van der Waals surface area contributed by atoms with E-state index in [1.165, 1.54) is 20.1 Å². The zero-order valence-electron chi connectivity index (χ0n) is 9.15. The third-order valence-corrected chi connectivity index (χ3v) is 1.97. The van der Waals surface area contributed by atoms with E-state index in [1.54, 1.807) is 12.1 Å². The van der Waals surface area contributed by atoms with E-state index in [1.807, 2.05) is 0 Å². The summed E-state index contributed by atoms with van der Waals surface area (Å²) >= 11 is 0. The summed E-state index contributed by atoms with van der Waals surface area (Å²) in [5.74, 6) is -0.332. The lowest BCUT2D eigenvalue weighted by molar-refractivity contribution is -0.139. The van der Waals surface area contributed by atoms with E-state index in [0.717, 1.165) is 0 Å². The number of carbonyl (C=O) groups is 2. The van der Waals surface area contributed by atoms with Crippen molar-refractivity contribution in [3.63, 3.8) is 0 Å². The smallest absolute Gasteiger partial charge is 0.303 e. The van der Waals surface area contributed by atoms with Crippen LogP contribution in [-0.4, -0.2) is 25.5 Å². The second kappa shape index (κ2) is 5.16. The third-order valence-electron chi connectivity index (χ3n) is 1.97. The number of anilines is 1. The van der Waals surface area contributed by atoms with Gasteiger partial charge in [-0.15, -0.1) is 0 Å². The van der Waals surface area contributed by atoms with Gasteiger partial charge in [0.2, 0.25) is 5.78 Å². The minimum atomic E-state index is -0.505. The standard InChI is InChI=1S/C11H13NO4/c1-7(13)16-6-11(14)9-5-8(15-2)3-4-10(9)12/h3-5H,6,12H2,1-2H3. The topological polar surface area (TPSA) is 78.6 Å². The number of ketones is 1. The van der Waals surface area contributed by atoms with Gasteiger partial charge in [-0.25, -0.2) is 0 Å². The summed E-state index contributed by atoms with van der Waals surface area (Å²) in [5, 5.41) is 0. The van der Waals surface area contributed by atoms with Crippen molar-refractivity contribution >= 4 is 17.4 Å². The second-order valence-electron chi connectivity index (χ2n) is 3.16. The van der Waals surface area contributed by atoms with Gasteiger partial charge in [-0.2, -0.15) is 0 Å². The molecule has 0 saturated carbocycles. The van der Waals surface area contributed by atoms with Gasteiger partial charge in [-0.05, 0) is 18.2 Å². The predicted octanol–water partition coefficient (Wildman–Crippen LogP) is 1.02. The first-order chi connectivity index (χ1) is 7.54. The van der Waals surface area contributed by atoms with Crippen LogP contribution in [0.1, 0.15) is 17.3 Å². The fourth-order valence-corrected chi connectivity index (χ4v) is 1.15. The van der Waals surface area contributed by atoms with Crippen LogP contribution in [0, 0.1) is 0 Å². The SMILES string of the molecule is COc1ccc(N)c(C(=O)COC(C)=O)c1. The van der Waals surface area contributed by atoms with Gasteiger partial charge in [-0.1, -0.05) is 0 Å². The van der Waals surface area contributed by atoms with Gasteiger partial charge in [0, 0.05) is 18.2 Å². The molecule has 0 radical (unpaired) electrons. The maximum absolute atomic E-state index is 11.6. The summed E-state index contributed by atoms with van der Waals surface area (Å²) in [6, 6.07) is 4.74. The Labute approximate surface area is 93.1 Å². The minimum Gasteiger partial charge on any atom is -0.497 e. The number of esters is 1. The zero-order chi connectivity index (χ0) is 12.1. The van der Waals surface area contributed by atoms with Crippen LogP contribution in [0.5, 0.6) is 5.75 Å². The molecule has 1 aromatic rings. The minimum absolute atomic E-state index is 0.292. The second-order valence-corrected chi connectivity index (χ2v) is 3.16. The molecule has 0 spiro atoms. The van der Waals surface area contributed by atoms with Gasteiger partial charge in [0.1, 0.15) is 5.75 Å². The number of nitrogen functional groups attached to an aromatic ring is 1. The average Bonchev–Trinajstić information content (AvgIpc) is 2.26. The molecular weight excluding hydrogens is 210 g/mol. The number of Topliss-reactive ketones (excluding diaryl/α,β-unsaturated/α-hetero) is 1. The first kappa shape index (κ1) is 12.0. The molecule has 0 bridgehead atoms. The maximum atomic E-state index is 11.6. The highest BCUT2D eigenvalue weighted by atomic mass is 16.5. The van der Waals surface area contributed by atoms with Crippen molar-refractivity contribution in [3.05, 3.63) is 23.8 Å². The molecule has 0 aliphatic heterocycles. The van der Waals surface area contributed by atoms with Crippen LogP contribution in [0.3, 0.4) is 0 Å². The van der Waals surface area contributed by atoms with Gasteiger partial charge in [0.15, 0.2) is 6.61 Å². The number of nitrogens with two attached hydrogens (primary N) is 1. The quantitative estimate of drug-likeness (QED) is 0.468. The summed E-state index contributed by atoms with van der Waals surface area (Å²) in [6.07, 6.45) is 0. The molecular formula is C11H13NO4. The third kappa shape index (κ3) is 2.98. The van der Waals surface area contributed by atoms with Crippen molar-refractivity contribution in [1.82, 2.24) is 0 Å². The molecule has 0 aliphatic rings. The summed E-state index contributed by atoms with van der Waals surface area (Å²) in [7, 11) is 1.49. The normalized spacial score (nSPS) is 9.62. The fraction of sp³-hybridized carbons (Fsp3) is 0.273. The predicted molar refractivity (Wildman–Crippen MR) is 58.4 cm³/mol.